The lowest BCUT2D eigenvalue weighted by atomic mass is 10.1. The van der Waals surface area contributed by atoms with Crippen molar-refractivity contribution < 1.29 is 0 Å². The van der Waals surface area contributed by atoms with Crippen LogP contribution >= 0.6 is 24.0 Å². The van der Waals surface area contributed by atoms with E-state index in [2.05, 4.69) is 68.5 Å². The summed E-state index contributed by atoms with van der Waals surface area (Å²) in [7, 11) is 0. The summed E-state index contributed by atoms with van der Waals surface area (Å²) in [5.41, 5.74) is 3.44. The van der Waals surface area contributed by atoms with Crippen molar-refractivity contribution in [3.05, 3.63) is 72.2 Å². The number of nitrogens with zero attached hydrogens (tertiary/aromatic N) is 3. The second-order valence-electron chi connectivity index (χ2n) is 6.22. The summed E-state index contributed by atoms with van der Waals surface area (Å²) >= 11 is 0. The standard InChI is InChI=1S/C21H27N5.HI/c1-2-22-21(23-14-8-11-18-9-4-3-5-10-18)24-15-13-19-17-26-16-7-6-12-20(26)25-19;/h3-7,9-10,12,16-17H,2,8,11,13-15H2,1H3,(H2,22,23,24);1H. The topological polar surface area (TPSA) is 53.7 Å². The largest absolute Gasteiger partial charge is 0.357 e. The number of hydrogen-bond acceptors (Lipinski definition) is 2. The molecule has 0 saturated heterocycles. The van der Waals surface area contributed by atoms with Crippen LogP contribution in [0.4, 0.5) is 0 Å². The molecule has 2 heterocycles. The van der Waals surface area contributed by atoms with Crippen molar-refractivity contribution in [2.75, 3.05) is 19.6 Å². The number of guanidine groups is 1. The van der Waals surface area contributed by atoms with Crippen LogP contribution in [0.3, 0.4) is 0 Å². The Labute approximate surface area is 178 Å². The maximum absolute atomic E-state index is 4.67. The van der Waals surface area contributed by atoms with Crippen molar-refractivity contribution in [1.29, 1.82) is 0 Å². The van der Waals surface area contributed by atoms with Crippen LogP contribution in [0.15, 0.2) is 65.9 Å². The van der Waals surface area contributed by atoms with E-state index >= 15 is 0 Å². The predicted molar refractivity (Wildman–Crippen MR) is 123 cm³/mol. The molecule has 0 bridgehead atoms. The van der Waals surface area contributed by atoms with Crippen molar-refractivity contribution in [3.63, 3.8) is 0 Å². The van der Waals surface area contributed by atoms with E-state index in [9.17, 15) is 0 Å². The van der Waals surface area contributed by atoms with E-state index in [-0.39, 0.29) is 24.0 Å². The summed E-state index contributed by atoms with van der Waals surface area (Å²) in [6.45, 7) is 4.58. The number of aryl methyl sites for hydroxylation is 1. The van der Waals surface area contributed by atoms with Crippen LogP contribution in [-0.2, 0) is 12.8 Å². The number of fused-ring (bicyclic) bond motifs is 1. The van der Waals surface area contributed by atoms with Gasteiger partial charge >= 0.3 is 0 Å². The molecule has 3 aromatic rings. The highest BCUT2D eigenvalue weighted by molar-refractivity contribution is 14.0. The number of aromatic nitrogens is 2. The monoisotopic (exact) mass is 477 g/mol. The molecule has 2 aromatic heterocycles. The van der Waals surface area contributed by atoms with Gasteiger partial charge in [-0.2, -0.15) is 0 Å². The average Bonchev–Trinajstić information content (AvgIpc) is 3.09. The van der Waals surface area contributed by atoms with Gasteiger partial charge in [-0.3, -0.25) is 4.99 Å². The molecule has 0 unspecified atom stereocenters. The lowest BCUT2D eigenvalue weighted by molar-refractivity contribution is 0.772. The number of pyridine rings is 1. The number of benzene rings is 1. The highest BCUT2D eigenvalue weighted by Gasteiger charge is 2.02. The van der Waals surface area contributed by atoms with E-state index in [1.807, 2.05) is 24.4 Å². The van der Waals surface area contributed by atoms with Gasteiger partial charge in [0.25, 0.3) is 0 Å². The third-order valence-corrected chi connectivity index (χ3v) is 4.17. The van der Waals surface area contributed by atoms with E-state index in [0.29, 0.717) is 0 Å². The Kier molecular flexibility index (Phi) is 9.10. The predicted octanol–water partition coefficient (Wildman–Crippen LogP) is 3.68. The molecular weight excluding hydrogens is 449 g/mol. The Morgan fingerprint density at radius 1 is 1.04 bits per heavy atom. The molecule has 0 fully saturated rings. The molecule has 0 amide bonds. The SMILES string of the molecule is CCNC(=NCCCc1ccccc1)NCCc1cn2ccccc2n1.I. The van der Waals surface area contributed by atoms with Crippen molar-refractivity contribution >= 4 is 35.6 Å². The Hall–Kier alpha value is -2.09. The summed E-state index contributed by atoms with van der Waals surface area (Å²) in [6.07, 6.45) is 7.09. The van der Waals surface area contributed by atoms with Gasteiger partial charge in [0, 0.05) is 38.4 Å². The first-order valence-corrected chi connectivity index (χ1v) is 9.34. The van der Waals surface area contributed by atoms with Crippen molar-refractivity contribution in [1.82, 2.24) is 20.0 Å². The minimum absolute atomic E-state index is 0. The van der Waals surface area contributed by atoms with Gasteiger partial charge in [-0.25, -0.2) is 4.98 Å². The van der Waals surface area contributed by atoms with Crippen molar-refractivity contribution in [2.24, 2.45) is 4.99 Å². The third kappa shape index (κ3) is 6.86. The normalized spacial score (nSPS) is 11.2. The molecular formula is C21H28IN5. The smallest absolute Gasteiger partial charge is 0.191 e. The summed E-state index contributed by atoms with van der Waals surface area (Å²) in [4.78, 5) is 9.30. The third-order valence-electron chi connectivity index (χ3n) is 4.17. The Bertz CT molecular complexity index is 796. The number of hydrogen-bond donors (Lipinski definition) is 2. The van der Waals surface area contributed by atoms with Gasteiger partial charge in [0.1, 0.15) is 5.65 Å². The zero-order valence-electron chi connectivity index (χ0n) is 15.8. The van der Waals surface area contributed by atoms with Gasteiger partial charge in [0.05, 0.1) is 5.69 Å². The maximum Gasteiger partial charge on any atom is 0.191 e. The maximum atomic E-state index is 4.67. The molecule has 0 aliphatic rings. The molecule has 0 atom stereocenters. The van der Waals surface area contributed by atoms with Gasteiger partial charge in [-0.15, -0.1) is 24.0 Å². The van der Waals surface area contributed by atoms with Crippen LogP contribution in [0.1, 0.15) is 24.6 Å². The Balaban J connectivity index is 0.00000261. The van der Waals surface area contributed by atoms with E-state index in [0.717, 1.165) is 56.2 Å². The highest BCUT2D eigenvalue weighted by Crippen LogP contribution is 2.05. The molecule has 0 aliphatic carbocycles. The first-order chi connectivity index (χ1) is 12.8. The van der Waals surface area contributed by atoms with Crippen LogP contribution in [-0.4, -0.2) is 35.0 Å². The van der Waals surface area contributed by atoms with Gasteiger partial charge < -0.3 is 15.0 Å². The lowest BCUT2D eigenvalue weighted by Crippen LogP contribution is -2.38. The molecule has 0 aliphatic heterocycles. The van der Waals surface area contributed by atoms with E-state index in [1.165, 1.54) is 5.56 Å². The molecule has 1 aromatic carbocycles. The van der Waals surface area contributed by atoms with Crippen LogP contribution < -0.4 is 10.6 Å². The van der Waals surface area contributed by atoms with Gasteiger partial charge in [-0.1, -0.05) is 36.4 Å². The van der Waals surface area contributed by atoms with Gasteiger partial charge in [-0.05, 0) is 37.5 Å². The second kappa shape index (κ2) is 11.6. The number of halogens is 1. The summed E-state index contributed by atoms with van der Waals surface area (Å²) in [5, 5.41) is 6.71. The van der Waals surface area contributed by atoms with Crippen LogP contribution in [0.25, 0.3) is 5.65 Å². The number of rotatable bonds is 8. The molecule has 0 saturated carbocycles. The van der Waals surface area contributed by atoms with Gasteiger partial charge in [0.15, 0.2) is 5.96 Å². The van der Waals surface area contributed by atoms with E-state index in [1.54, 1.807) is 0 Å². The minimum Gasteiger partial charge on any atom is -0.357 e. The van der Waals surface area contributed by atoms with E-state index < -0.39 is 0 Å². The molecule has 144 valence electrons. The number of nitrogens with one attached hydrogen (secondary N) is 2. The molecule has 27 heavy (non-hydrogen) atoms. The van der Waals surface area contributed by atoms with Crippen molar-refractivity contribution in [3.8, 4) is 0 Å². The summed E-state index contributed by atoms with van der Waals surface area (Å²) in [5.74, 6) is 0.879. The van der Waals surface area contributed by atoms with Crippen LogP contribution in [0, 0.1) is 0 Å². The first-order valence-electron chi connectivity index (χ1n) is 9.34. The molecule has 6 heteroatoms. The van der Waals surface area contributed by atoms with Crippen LogP contribution in [0.2, 0.25) is 0 Å². The fourth-order valence-corrected chi connectivity index (χ4v) is 2.88. The van der Waals surface area contributed by atoms with Gasteiger partial charge in [0.2, 0.25) is 0 Å². The second-order valence-corrected chi connectivity index (χ2v) is 6.22. The van der Waals surface area contributed by atoms with Crippen LogP contribution in [0.5, 0.6) is 0 Å². The molecule has 2 N–H and O–H groups in total. The first kappa shape index (κ1) is 21.2. The number of aliphatic imine (C=N–C) groups is 1. The Morgan fingerprint density at radius 2 is 1.85 bits per heavy atom. The zero-order valence-corrected chi connectivity index (χ0v) is 18.1. The fourth-order valence-electron chi connectivity index (χ4n) is 2.88. The highest BCUT2D eigenvalue weighted by atomic mass is 127. The Morgan fingerprint density at radius 3 is 2.63 bits per heavy atom. The van der Waals surface area contributed by atoms with E-state index in [4.69, 9.17) is 0 Å². The summed E-state index contributed by atoms with van der Waals surface area (Å²) < 4.78 is 2.05. The lowest BCUT2D eigenvalue weighted by Gasteiger charge is -2.10. The molecule has 0 radical (unpaired) electrons. The fraction of sp³-hybridized carbons (Fsp3) is 0.333. The zero-order chi connectivity index (χ0) is 18.0. The minimum atomic E-state index is 0. The quantitative estimate of drug-likeness (QED) is 0.225. The molecule has 3 rings (SSSR count). The number of imidazole rings is 1. The molecule has 5 nitrogen and oxygen atoms in total. The average molecular weight is 477 g/mol. The summed E-state index contributed by atoms with van der Waals surface area (Å²) in [6, 6.07) is 16.6. The van der Waals surface area contributed by atoms with Crippen molar-refractivity contribution in [2.45, 2.75) is 26.2 Å². The molecule has 0 spiro atoms.